The van der Waals surface area contributed by atoms with Crippen LogP contribution >= 0.6 is 0 Å². The Morgan fingerprint density at radius 3 is 2.68 bits per heavy atom. The van der Waals surface area contributed by atoms with Gasteiger partial charge in [0.15, 0.2) is 0 Å². The summed E-state index contributed by atoms with van der Waals surface area (Å²) in [7, 11) is 0. The van der Waals surface area contributed by atoms with E-state index in [1.807, 2.05) is 18.2 Å². The average Bonchev–Trinajstić information content (AvgIpc) is 2.99. The van der Waals surface area contributed by atoms with Crippen LogP contribution < -0.4 is 0 Å². The first-order chi connectivity index (χ1) is 10.7. The summed E-state index contributed by atoms with van der Waals surface area (Å²) >= 11 is 0. The number of pyridine rings is 1. The Balaban J connectivity index is 1.59. The van der Waals surface area contributed by atoms with E-state index in [1.165, 1.54) is 0 Å². The Labute approximate surface area is 130 Å². The van der Waals surface area contributed by atoms with E-state index in [4.69, 9.17) is 4.74 Å². The SMILES string of the molecule is O=C(O)[C@@H]1CN(CCN2CCOCC2)C[C@H]1c1ccccn1. The molecule has 1 aromatic heterocycles. The smallest absolute Gasteiger partial charge is 0.308 e. The van der Waals surface area contributed by atoms with E-state index < -0.39 is 5.97 Å². The first-order valence-corrected chi connectivity index (χ1v) is 7.90. The molecule has 120 valence electrons. The van der Waals surface area contributed by atoms with Crippen LogP contribution in [0, 0.1) is 5.92 Å². The number of likely N-dealkylation sites (tertiary alicyclic amines) is 1. The van der Waals surface area contributed by atoms with Gasteiger partial charge in [-0.2, -0.15) is 0 Å². The number of morpholine rings is 1. The lowest BCUT2D eigenvalue weighted by Gasteiger charge is -2.28. The molecule has 3 rings (SSSR count). The van der Waals surface area contributed by atoms with Crippen LogP contribution in [0.15, 0.2) is 24.4 Å². The quantitative estimate of drug-likeness (QED) is 0.855. The van der Waals surface area contributed by atoms with Crippen molar-refractivity contribution < 1.29 is 14.6 Å². The molecule has 0 radical (unpaired) electrons. The van der Waals surface area contributed by atoms with Crippen molar-refractivity contribution in [3.8, 4) is 0 Å². The second kappa shape index (κ2) is 7.17. The van der Waals surface area contributed by atoms with Crippen molar-refractivity contribution in [3.63, 3.8) is 0 Å². The number of hydrogen-bond donors (Lipinski definition) is 1. The van der Waals surface area contributed by atoms with Crippen LogP contribution in [0.4, 0.5) is 0 Å². The fourth-order valence-corrected chi connectivity index (χ4v) is 3.32. The summed E-state index contributed by atoms with van der Waals surface area (Å²) in [5.41, 5.74) is 0.892. The van der Waals surface area contributed by atoms with Crippen molar-refractivity contribution in [2.75, 3.05) is 52.5 Å². The standard InChI is InChI=1S/C16H23N3O3/c20-16(21)14-12-19(6-5-18-7-9-22-10-8-18)11-13(14)15-3-1-2-4-17-15/h1-4,13-14H,5-12H2,(H,20,21)/t13-,14-/m1/s1. The largest absolute Gasteiger partial charge is 0.481 e. The van der Waals surface area contributed by atoms with E-state index in [0.29, 0.717) is 6.54 Å². The minimum absolute atomic E-state index is 0.0108. The number of carbonyl (C=O) groups is 1. The van der Waals surface area contributed by atoms with Crippen LogP contribution in [0.5, 0.6) is 0 Å². The van der Waals surface area contributed by atoms with E-state index in [2.05, 4.69) is 14.8 Å². The van der Waals surface area contributed by atoms with Gasteiger partial charge in [-0.05, 0) is 12.1 Å². The first kappa shape index (κ1) is 15.4. The highest BCUT2D eigenvalue weighted by molar-refractivity contribution is 5.72. The third-order valence-electron chi connectivity index (χ3n) is 4.62. The highest BCUT2D eigenvalue weighted by atomic mass is 16.5. The second-order valence-corrected chi connectivity index (χ2v) is 6.02. The lowest BCUT2D eigenvalue weighted by atomic mass is 9.93. The maximum absolute atomic E-state index is 11.6. The molecular formula is C16H23N3O3. The number of carboxylic acid groups (broad SMARTS) is 1. The van der Waals surface area contributed by atoms with Gasteiger partial charge in [-0.3, -0.25) is 14.7 Å². The topological polar surface area (TPSA) is 65.9 Å². The van der Waals surface area contributed by atoms with Gasteiger partial charge < -0.3 is 14.7 Å². The number of rotatable bonds is 5. The van der Waals surface area contributed by atoms with E-state index in [9.17, 15) is 9.90 Å². The Morgan fingerprint density at radius 1 is 1.23 bits per heavy atom. The fourth-order valence-electron chi connectivity index (χ4n) is 3.32. The summed E-state index contributed by atoms with van der Waals surface area (Å²) < 4.78 is 5.35. The first-order valence-electron chi connectivity index (χ1n) is 7.90. The zero-order valence-electron chi connectivity index (χ0n) is 12.7. The molecule has 2 aliphatic heterocycles. The maximum Gasteiger partial charge on any atom is 0.308 e. The molecule has 22 heavy (non-hydrogen) atoms. The molecule has 0 saturated carbocycles. The van der Waals surface area contributed by atoms with Gasteiger partial charge in [0.05, 0.1) is 19.1 Å². The third-order valence-corrected chi connectivity index (χ3v) is 4.62. The summed E-state index contributed by atoms with van der Waals surface area (Å²) in [6.45, 7) is 6.82. The lowest BCUT2D eigenvalue weighted by molar-refractivity contribution is -0.141. The lowest BCUT2D eigenvalue weighted by Crippen LogP contribution is -2.41. The van der Waals surface area contributed by atoms with Crippen molar-refractivity contribution in [3.05, 3.63) is 30.1 Å². The van der Waals surface area contributed by atoms with Crippen molar-refractivity contribution in [1.29, 1.82) is 0 Å². The molecule has 6 nitrogen and oxygen atoms in total. The number of hydrogen-bond acceptors (Lipinski definition) is 5. The van der Waals surface area contributed by atoms with Crippen molar-refractivity contribution in [1.82, 2.24) is 14.8 Å². The molecule has 0 spiro atoms. The zero-order valence-corrected chi connectivity index (χ0v) is 12.7. The van der Waals surface area contributed by atoms with Crippen LogP contribution in [0.2, 0.25) is 0 Å². The second-order valence-electron chi connectivity index (χ2n) is 6.02. The highest BCUT2D eigenvalue weighted by Gasteiger charge is 2.39. The Bertz CT molecular complexity index is 491. The van der Waals surface area contributed by atoms with Gasteiger partial charge in [-0.15, -0.1) is 0 Å². The molecule has 1 N–H and O–H groups in total. The average molecular weight is 305 g/mol. The van der Waals surface area contributed by atoms with Gasteiger partial charge >= 0.3 is 5.97 Å². The number of carboxylic acids is 1. The molecule has 0 unspecified atom stereocenters. The minimum atomic E-state index is -0.718. The fraction of sp³-hybridized carbons (Fsp3) is 0.625. The van der Waals surface area contributed by atoms with Crippen LogP contribution in [0.3, 0.4) is 0 Å². The molecule has 0 amide bonds. The van der Waals surface area contributed by atoms with Crippen molar-refractivity contribution >= 4 is 5.97 Å². The zero-order chi connectivity index (χ0) is 15.4. The summed E-state index contributed by atoms with van der Waals surface area (Å²) in [6, 6.07) is 5.73. The number of nitrogens with zero attached hydrogens (tertiary/aromatic N) is 3. The van der Waals surface area contributed by atoms with Gasteiger partial charge in [0.2, 0.25) is 0 Å². The number of aromatic nitrogens is 1. The number of ether oxygens (including phenoxy) is 1. The van der Waals surface area contributed by atoms with E-state index in [1.54, 1.807) is 6.20 Å². The van der Waals surface area contributed by atoms with Crippen LogP contribution in [0.25, 0.3) is 0 Å². The van der Waals surface area contributed by atoms with Crippen LogP contribution in [-0.2, 0) is 9.53 Å². The van der Waals surface area contributed by atoms with Gasteiger partial charge in [0.25, 0.3) is 0 Å². The molecule has 2 fully saturated rings. The molecule has 2 aliphatic rings. The molecule has 2 saturated heterocycles. The molecule has 2 atom stereocenters. The molecule has 0 aromatic carbocycles. The van der Waals surface area contributed by atoms with Crippen LogP contribution in [0.1, 0.15) is 11.6 Å². The van der Waals surface area contributed by atoms with Gasteiger partial charge in [-0.1, -0.05) is 6.07 Å². The minimum Gasteiger partial charge on any atom is -0.481 e. The molecule has 0 aliphatic carbocycles. The Morgan fingerprint density at radius 2 is 2.00 bits per heavy atom. The van der Waals surface area contributed by atoms with Gasteiger partial charge in [-0.25, -0.2) is 0 Å². The predicted molar refractivity (Wildman–Crippen MR) is 81.8 cm³/mol. The van der Waals surface area contributed by atoms with Gasteiger partial charge in [0, 0.05) is 57.1 Å². The van der Waals surface area contributed by atoms with Crippen molar-refractivity contribution in [2.24, 2.45) is 5.92 Å². The summed E-state index contributed by atoms with van der Waals surface area (Å²) in [4.78, 5) is 20.6. The highest BCUT2D eigenvalue weighted by Crippen LogP contribution is 2.31. The monoisotopic (exact) mass is 305 g/mol. The normalized spacial score (nSPS) is 27.1. The summed E-state index contributed by atoms with van der Waals surface area (Å²) in [5, 5.41) is 9.50. The molecule has 0 bridgehead atoms. The van der Waals surface area contributed by atoms with E-state index in [-0.39, 0.29) is 11.8 Å². The molecular weight excluding hydrogens is 282 g/mol. The summed E-state index contributed by atoms with van der Waals surface area (Å²) in [5.74, 6) is -1.09. The van der Waals surface area contributed by atoms with Gasteiger partial charge in [0.1, 0.15) is 0 Å². The molecule has 6 heteroatoms. The third kappa shape index (κ3) is 3.63. The predicted octanol–water partition coefficient (Wildman–Crippen LogP) is 0.514. The van der Waals surface area contributed by atoms with Crippen molar-refractivity contribution in [2.45, 2.75) is 5.92 Å². The Kier molecular flexibility index (Phi) is 5.02. The summed E-state index contributed by atoms with van der Waals surface area (Å²) in [6.07, 6.45) is 1.74. The maximum atomic E-state index is 11.6. The van der Waals surface area contributed by atoms with E-state index in [0.717, 1.165) is 51.6 Å². The van der Waals surface area contributed by atoms with E-state index >= 15 is 0 Å². The van der Waals surface area contributed by atoms with Crippen LogP contribution in [-0.4, -0.2) is 78.3 Å². The molecule has 3 heterocycles. The molecule has 1 aromatic rings. The Hall–Kier alpha value is -1.50. The number of aliphatic carboxylic acids is 1.